The van der Waals surface area contributed by atoms with Crippen molar-refractivity contribution < 1.29 is 12.9 Å². The highest BCUT2D eigenvalue weighted by molar-refractivity contribution is 7.89. The molecule has 20 heavy (non-hydrogen) atoms. The van der Waals surface area contributed by atoms with Gasteiger partial charge in [-0.2, -0.15) is 4.98 Å². The molecule has 1 atom stereocenters. The van der Waals surface area contributed by atoms with Crippen molar-refractivity contribution in [1.82, 2.24) is 19.8 Å². The van der Waals surface area contributed by atoms with Crippen molar-refractivity contribution in [3.63, 3.8) is 0 Å². The largest absolute Gasteiger partial charge is 0.339 e. The lowest BCUT2D eigenvalue weighted by atomic mass is 10.2. The molecule has 114 valence electrons. The minimum absolute atomic E-state index is 0.112. The van der Waals surface area contributed by atoms with Gasteiger partial charge in [-0.3, -0.25) is 4.90 Å². The molecule has 0 spiro atoms. The van der Waals surface area contributed by atoms with Gasteiger partial charge in [0.1, 0.15) is 0 Å². The van der Waals surface area contributed by atoms with E-state index in [1.54, 1.807) is 6.92 Å². The van der Waals surface area contributed by atoms with Gasteiger partial charge in [0, 0.05) is 19.5 Å². The van der Waals surface area contributed by atoms with Crippen LogP contribution in [0.2, 0.25) is 0 Å². The van der Waals surface area contributed by atoms with Crippen LogP contribution in [0.25, 0.3) is 0 Å². The first-order valence-electron chi connectivity index (χ1n) is 7.09. The van der Waals surface area contributed by atoms with Gasteiger partial charge in [-0.15, -0.1) is 0 Å². The minimum atomic E-state index is -3.12. The van der Waals surface area contributed by atoms with E-state index >= 15 is 0 Å². The molecule has 1 aromatic rings. The Bertz CT molecular complexity index is 529. The zero-order chi connectivity index (χ0) is 14.6. The van der Waals surface area contributed by atoms with Crippen LogP contribution in [0.15, 0.2) is 4.52 Å². The van der Waals surface area contributed by atoms with Crippen LogP contribution < -0.4 is 4.72 Å². The average molecular weight is 302 g/mol. The fourth-order valence-corrected chi connectivity index (χ4v) is 2.99. The molecule has 1 fully saturated rings. The van der Waals surface area contributed by atoms with Crippen molar-refractivity contribution >= 4 is 10.0 Å². The predicted octanol–water partition coefficient (Wildman–Crippen LogP) is 0.708. The summed E-state index contributed by atoms with van der Waals surface area (Å²) in [4.78, 5) is 6.59. The van der Waals surface area contributed by atoms with Gasteiger partial charge in [0.2, 0.25) is 15.9 Å². The summed E-state index contributed by atoms with van der Waals surface area (Å²) in [6.07, 6.45) is 2.79. The van der Waals surface area contributed by atoms with Crippen molar-refractivity contribution in [2.75, 3.05) is 25.4 Å². The molecule has 1 aromatic heterocycles. The molecule has 1 aliphatic heterocycles. The third kappa shape index (κ3) is 3.77. The molecular weight excluding hydrogens is 280 g/mol. The fraction of sp³-hybridized carbons (Fsp3) is 0.833. The molecule has 1 saturated heterocycles. The summed E-state index contributed by atoms with van der Waals surface area (Å²) in [6, 6.07) is 0.144. The van der Waals surface area contributed by atoms with Crippen LogP contribution in [-0.4, -0.2) is 48.8 Å². The quantitative estimate of drug-likeness (QED) is 0.798. The Hall–Kier alpha value is -0.990. The van der Waals surface area contributed by atoms with Gasteiger partial charge in [-0.1, -0.05) is 12.1 Å². The number of aromatic nitrogens is 2. The third-order valence-electron chi connectivity index (χ3n) is 3.55. The number of hydrogen-bond donors (Lipinski definition) is 1. The molecule has 1 aliphatic rings. The van der Waals surface area contributed by atoms with Crippen LogP contribution >= 0.6 is 0 Å². The van der Waals surface area contributed by atoms with E-state index in [1.807, 2.05) is 6.92 Å². The zero-order valence-electron chi connectivity index (χ0n) is 12.0. The van der Waals surface area contributed by atoms with Crippen molar-refractivity contribution in [3.8, 4) is 0 Å². The van der Waals surface area contributed by atoms with E-state index in [2.05, 4.69) is 19.8 Å². The number of aryl methyl sites for hydroxylation is 1. The van der Waals surface area contributed by atoms with Gasteiger partial charge in [-0.25, -0.2) is 13.1 Å². The van der Waals surface area contributed by atoms with Gasteiger partial charge in [-0.05, 0) is 26.3 Å². The van der Waals surface area contributed by atoms with Crippen LogP contribution in [0, 0.1) is 0 Å². The smallest absolute Gasteiger partial charge is 0.226 e. The van der Waals surface area contributed by atoms with Crippen LogP contribution in [-0.2, 0) is 16.4 Å². The van der Waals surface area contributed by atoms with Crippen molar-refractivity contribution in [1.29, 1.82) is 0 Å². The Labute approximate surface area is 119 Å². The number of nitrogens with zero attached hydrogens (tertiary/aromatic N) is 3. The van der Waals surface area contributed by atoms with Gasteiger partial charge < -0.3 is 4.52 Å². The zero-order valence-corrected chi connectivity index (χ0v) is 12.8. The standard InChI is InChI=1S/C12H22N4O3S/c1-3-11-14-12(15-19-11)10-6-5-8-16(10)9-7-13-20(17,18)4-2/h10,13H,3-9H2,1-2H3/t10-/m0/s1. The highest BCUT2D eigenvalue weighted by atomic mass is 32.2. The molecule has 0 amide bonds. The van der Waals surface area contributed by atoms with E-state index in [4.69, 9.17) is 4.52 Å². The van der Waals surface area contributed by atoms with Gasteiger partial charge in [0.15, 0.2) is 5.82 Å². The summed E-state index contributed by atoms with van der Waals surface area (Å²) in [7, 11) is -3.12. The molecule has 7 nitrogen and oxygen atoms in total. The summed E-state index contributed by atoms with van der Waals surface area (Å²) >= 11 is 0. The second-order valence-corrected chi connectivity index (χ2v) is 6.99. The summed E-state index contributed by atoms with van der Waals surface area (Å²) in [5.74, 6) is 1.48. The highest BCUT2D eigenvalue weighted by Crippen LogP contribution is 2.29. The molecule has 0 aliphatic carbocycles. The molecule has 8 heteroatoms. The molecular formula is C12H22N4O3S. The normalized spacial score (nSPS) is 20.6. The lowest BCUT2D eigenvalue weighted by molar-refractivity contribution is 0.246. The van der Waals surface area contributed by atoms with Gasteiger partial charge >= 0.3 is 0 Å². The van der Waals surface area contributed by atoms with E-state index in [1.165, 1.54) is 0 Å². The second kappa shape index (κ2) is 6.64. The summed E-state index contributed by atoms with van der Waals surface area (Å²) < 4.78 is 30.5. The Morgan fingerprint density at radius 3 is 2.90 bits per heavy atom. The summed E-state index contributed by atoms with van der Waals surface area (Å²) in [6.45, 7) is 5.63. The number of rotatable bonds is 7. The lowest BCUT2D eigenvalue weighted by Crippen LogP contribution is -2.35. The summed E-state index contributed by atoms with van der Waals surface area (Å²) in [5.41, 5.74) is 0. The molecule has 0 bridgehead atoms. The topological polar surface area (TPSA) is 88.3 Å². The van der Waals surface area contributed by atoms with Crippen LogP contribution in [0.5, 0.6) is 0 Å². The maximum atomic E-state index is 11.4. The molecule has 0 radical (unpaired) electrons. The first kappa shape index (κ1) is 15.4. The van der Waals surface area contributed by atoms with E-state index in [0.717, 1.165) is 31.6 Å². The molecule has 0 aromatic carbocycles. The Morgan fingerprint density at radius 1 is 1.45 bits per heavy atom. The monoisotopic (exact) mass is 302 g/mol. The van der Waals surface area contributed by atoms with E-state index in [-0.39, 0.29) is 11.8 Å². The van der Waals surface area contributed by atoms with E-state index in [0.29, 0.717) is 19.0 Å². The third-order valence-corrected chi connectivity index (χ3v) is 4.95. The number of nitrogens with one attached hydrogen (secondary N) is 1. The predicted molar refractivity (Wildman–Crippen MR) is 74.7 cm³/mol. The second-order valence-electron chi connectivity index (χ2n) is 4.89. The van der Waals surface area contributed by atoms with Gasteiger partial charge in [0.25, 0.3) is 0 Å². The number of likely N-dealkylation sites (tertiary alicyclic amines) is 1. The van der Waals surface area contributed by atoms with Crippen LogP contribution in [0.4, 0.5) is 0 Å². The Balaban J connectivity index is 1.91. The van der Waals surface area contributed by atoms with E-state index < -0.39 is 10.0 Å². The Kier molecular flexibility index (Phi) is 5.11. The lowest BCUT2D eigenvalue weighted by Gasteiger charge is -2.21. The SMILES string of the molecule is CCc1nc([C@@H]2CCCN2CCNS(=O)(=O)CC)no1. The molecule has 1 N–H and O–H groups in total. The molecule has 0 unspecified atom stereocenters. The highest BCUT2D eigenvalue weighted by Gasteiger charge is 2.29. The van der Waals surface area contributed by atoms with Crippen LogP contribution in [0.3, 0.4) is 0 Å². The van der Waals surface area contributed by atoms with Crippen molar-refractivity contribution in [2.24, 2.45) is 0 Å². The fourth-order valence-electron chi connectivity index (χ4n) is 2.38. The van der Waals surface area contributed by atoms with Crippen LogP contribution in [0.1, 0.15) is 44.4 Å². The maximum Gasteiger partial charge on any atom is 0.226 e. The summed E-state index contributed by atoms with van der Waals surface area (Å²) in [5, 5.41) is 4.03. The number of sulfonamides is 1. The van der Waals surface area contributed by atoms with E-state index in [9.17, 15) is 8.42 Å². The van der Waals surface area contributed by atoms with Gasteiger partial charge in [0.05, 0.1) is 11.8 Å². The first-order chi connectivity index (χ1) is 9.55. The number of hydrogen-bond acceptors (Lipinski definition) is 6. The molecule has 2 heterocycles. The minimum Gasteiger partial charge on any atom is -0.339 e. The Morgan fingerprint density at radius 2 is 2.25 bits per heavy atom. The van der Waals surface area contributed by atoms with Crippen molar-refractivity contribution in [2.45, 2.75) is 39.2 Å². The first-order valence-corrected chi connectivity index (χ1v) is 8.74. The average Bonchev–Trinajstić information content (AvgIpc) is 3.06. The molecule has 2 rings (SSSR count). The maximum absolute atomic E-state index is 11.4. The molecule has 0 saturated carbocycles. The van der Waals surface area contributed by atoms with Crippen molar-refractivity contribution in [3.05, 3.63) is 11.7 Å².